The van der Waals surface area contributed by atoms with E-state index in [1.165, 1.54) is 17.0 Å². The number of hydrogen-bond donors (Lipinski definition) is 1. The maximum Gasteiger partial charge on any atom is 0.299 e. The van der Waals surface area contributed by atoms with Crippen molar-refractivity contribution in [2.75, 3.05) is 32.1 Å². The Labute approximate surface area is 225 Å². The average molecular weight is 591 g/mol. The molecule has 0 bridgehead atoms. The molecule has 6 rings (SSSR count). The van der Waals surface area contributed by atoms with Crippen molar-refractivity contribution in [3.05, 3.63) is 70.1 Å². The van der Waals surface area contributed by atoms with E-state index in [-0.39, 0.29) is 47.2 Å². The smallest absolute Gasteiger partial charge is 0.299 e. The zero-order chi connectivity index (χ0) is 25.8. The molecule has 194 valence electrons. The molecular formula is C27H25BrF2N2O4S. The molecule has 4 aliphatic rings. The van der Waals surface area contributed by atoms with Crippen LogP contribution in [-0.2, 0) is 31.4 Å². The summed E-state index contributed by atoms with van der Waals surface area (Å²) >= 11 is 5.23. The number of benzene rings is 2. The van der Waals surface area contributed by atoms with Crippen LogP contribution in [-0.4, -0.2) is 65.4 Å². The first-order valence-corrected chi connectivity index (χ1v) is 14.1. The van der Waals surface area contributed by atoms with Gasteiger partial charge in [0.25, 0.3) is 5.92 Å². The molecule has 6 nitrogen and oxygen atoms in total. The molecule has 2 aromatic carbocycles. The molecule has 2 unspecified atom stereocenters. The number of fused-ring (bicyclic) bond motifs is 3. The number of hydrogen-bond acceptors (Lipinski definition) is 5. The molecule has 3 aliphatic heterocycles. The quantitative estimate of drug-likeness (QED) is 0.529. The van der Waals surface area contributed by atoms with Gasteiger partial charge in [-0.3, -0.25) is 9.59 Å². The number of carbonyl (C=O) groups excluding carboxylic acids is 2. The Morgan fingerprint density at radius 1 is 1.11 bits per heavy atom. The first-order valence-electron chi connectivity index (χ1n) is 12.2. The topological polar surface area (TPSA) is 67.9 Å². The number of nitrogens with one attached hydrogen (secondary N) is 1. The van der Waals surface area contributed by atoms with Gasteiger partial charge in [-0.2, -0.15) is 8.78 Å². The van der Waals surface area contributed by atoms with Gasteiger partial charge in [-0.25, -0.2) is 0 Å². The van der Waals surface area contributed by atoms with Crippen LogP contribution in [0.1, 0.15) is 23.1 Å². The molecule has 1 aliphatic carbocycles. The van der Waals surface area contributed by atoms with Crippen molar-refractivity contribution < 1.29 is 27.8 Å². The van der Waals surface area contributed by atoms with Crippen LogP contribution >= 0.6 is 27.7 Å². The zero-order valence-electron chi connectivity index (χ0n) is 19.8. The Morgan fingerprint density at radius 3 is 2.62 bits per heavy atom. The molecule has 0 radical (unpaired) electrons. The SMILES string of the molecule is O=C(NCC1=CC(Br)CS1)C1CC2(CN1C(=O)Cc1ccc3c(c1)-c1ccccc1C3(F)F)OCCO2. The molecule has 37 heavy (non-hydrogen) atoms. The fourth-order valence-corrected chi connectivity index (χ4v) is 7.33. The van der Waals surface area contributed by atoms with E-state index in [0.717, 1.165) is 10.7 Å². The summed E-state index contributed by atoms with van der Waals surface area (Å²) in [4.78, 5) is 29.6. The van der Waals surface area contributed by atoms with Crippen LogP contribution < -0.4 is 5.32 Å². The molecule has 2 fully saturated rings. The Balaban J connectivity index is 1.21. The van der Waals surface area contributed by atoms with Crippen molar-refractivity contribution in [1.82, 2.24) is 10.2 Å². The predicted molar refractivity (Wildman–Crippen MR) is 140 cm³/mol. The van der Waals surface area contributed by atoms with Gasteiger partial charge < -0.3 is 19.7 Å². The minimum atomic E-state index is -3.07. The van der Waals surface area contributed by atoms with Gasteiger partial charge in [0, 0.05) is 39.6 Å². The van der Waals surface area contributed by atoms with E-state index >= 15 is 0 Å². The van der Waals surface area contributed by atoms with E-state index in [4.69, 9.17) is 9.47 Å². The summed E-state index contributed by atoms with van der Waals surface area (Å²) in [5.41, 5.74) is 1.45. The lowest BCUT2D eigenvalue weighted by Gasteiger charge is -2.24. The van der Waals surface area contributed by atoms with Gasteiger partial charge in [0.15, 0.2) is 5.79 Å². The van der Waals surface area contributed by atoms with Crippen molar-refractivity contribution in [2.24, 2.45) is 0 Å². The van der Waals surface area contributed by atoms with Gasteiger partial charge in [0.1, 0.15) is 6.04 Å². The van der Waals surface area contributed by atoms with Crippen LogP contribution in [0.2, 0.25) is 0 Å². The third-order valence-electron chi connectivity index (χ3n) is 7.29. The van der Waals surface area contributed by atoms with Crippen LogP contribution in [0.15, 0.2) is 53.4 Å². The van der Waals surface area contributed by atoms with Crippen molar-refractivity contribution in [1.29, 1.82) is 0 Å². The lowest BCUT2D eigenvalue weighted by molar-refractivity contribution is -0.152. The van der Waals surface area contributed by atoms with Crippen LogP contribution in [0.3, 0.4) is 0 Å². The van der Waals surface area contributed by atoms with Crippen molar-refractivity contribution in [2.45, 2.75) is 35.4 Å². The van der Waals surface area contributed by atoms with Crippen molar-refractivity contribution in [3.8, 4) is 11.1 Å². The highest BCUT2D eigenvalue weighted by molar-refractivity contribution is 9.09. The monoisotopic (exact) mass is 590 g/mol. The lowest BCUT2D eigenvalue weighted by Crippen LogP contribution is -2.46. The summed E-state index contributed by atoms with van der Waals surface area (Å²) in [6.07, 6.45) is 2.30. The number of nitrogens with zero attached hydrogens (tertiary/aromatic N) is 1. The number of ether oxygens (including phenoxy) is 2. The van der Waals surface area contributed by atoms with Gasteiger partial charge in [-0.05, 0) is 16.7 Å². The molecule has 3 heterocycles. The Kier molecular flexibility index (Phi) is 6.42. The van der Waals surface area contributed by atoms with Gasteiger partial charge in [0.05, 0.1) is 26.2 Å². The molecule has 1 N–H and O–H groups in total. The Hall–Kier alpha value is -2.27. The Morgan fingerprint density at radius 2 is 1.86 bits per heavy atom. The number of carbonyl (C=O) groups is 2. The first-order chi connectivity index (χ1) is 17.8. The van der Waals surface area contributed by atoms with Gasteiger partial charge in [0.2, 0.25) is 11.8 Å². The van der Waals surface area contributed by atoms with E-state index in [9.17, 15) is 18.4 Å². The third-order valence-corrected chi connectivity index (χ3v) is 9.49. The average Bonchev–Trinajstić information content (AvgIpc) is 3.66. The number of thioether (sulfide) groups is 1. The first kappa shape index (κ1) is 25.0. The summed E-state index contributed by atoms with van der Waals surface area (Å²) in [5, 5.41) is 2.96. The van der Waals surface area contributed by atoms with E-state index in [0.29, 0.717) is 36.4 Å². The molecule has 0 saturated carbocycles. The van der Waals surface area contributed by atoms with E-state index in [1.807, 2.05) is 0 Å². The number of likely N-dealkylation sites (tertiary alicyclic amines) is 1. The summed E-state index contributed by atoms with van der Waals surface area (Å²) in [5.74, 6) is -3.67. The predicted octanol–water partition coefficient (Wildman–Crippen LogP) is 4.20. The Bertz CT molecular complexity index is 1300. The number of allylic oxidation sites excluding steroid dienone is 1. The van der Waals surface area contributed by atoms with Crippen LogP contribution in [0.4, 0.5) is 8.78 Å². The highest BCUT2D eigenvalue weighted by atomic mass is 79.9. The van der Waals surface area contributed by atoms with E-state index in [2.05, 4.69) is 27.3 Å². The third kappa shape index (κ3) is 4.51. The highest BCUT2D eigenvalue weighted by Gasteiger charge is 2.52. The second-order valence-electron chi connectivity index (χ2n) is 9.70. The minimum Gasteiger partial charge on any atom is -0.350 e. The molecule has 2 saturated heterocycles. The fraction of sp³-hybridized carbons (Fsp3) is 0.407. The van der Waals surface area contributed by atoms with Crippen LogP contribution in [0, 0.1) is 0 Å². The van der Waals surface area contributed by atoms with Gasteiger partial charge in [-0.15, -0.1) is 11.8 Å². The molecule has 2 atom stereocenters. The van der Waals surface area contributed by atoms with Crippen molar-refractivity contribution in [3.63, 3.8) is 0 Å². The summed E-state index contributed by atoms with van der Waals surface area (Å²) < 4.78 is 41.5. The maximum atomic E-state index is 14.9. The normalized spacial score (nSPS) is 24.7. The highest BCUT2D eigenvalue weighted by Crippen LogP contribution is 2.51. The summed E-state index contributed by atoms with van der Waals surface area (Å²) in [7, 11) is 0. The number of alkyl halides is 3. The molecule has 1 spiro atoms. The molecule has 2 aromatic rings. The minimum absolute atomic E-state index is 0.0207. The van der Waals surface area contributed by atoms with E-state index < -0.39 is 17.8 Å². The lowest BCUT2D eigenvalue weighted by atomic mass is 10.0. The van der Waals surface area contributed by atoms with E-state index in [1.54, 1.807) is 42.1 Å². The summed E-state index contributed by atoms with van der Waals surface area (Å²) in [6.45, 7) is 1.37. The number of rotatable bonds is 5. The van der Waals surface area contributed by atoms with Crippen LogP contribution in [0.25, 0.3) is 11.1 Å². The second kappa shape index (κ2) is 9.48. The molecule has 10 heteroatoms. The second-order valence-corrected chi connectivity index (χ2v) is 12.0. The van der Waals surface area contributed by atoms with Gasteiger partial charge in [-0.1, -0.05) is 64.5 Å². The standard InChI is InChI=1S/C27H25BrF2N2O4S/c28-17-11-18(37-14-17)13-31-25(34)23-12-26(35-7-8-36-26)15-32(23)24(33)10-16-5-6-22-20(9-16)19-3-1-2-4-21(19)27(22,29)30/h1-6,9,11,17,23H,7-8,10,12-15H2,(H,31,34). The fourth-order valence-electron chi connectivity index (χ4n) is 5.54. The molecule has 0 aromatic heterocycles. The number of amides is 2. The molecule has 2 amide bonds. The van der Waals surface area contributed by atoms with Gasteiger partial charge >= 0.3 is 0 Å². The zero-order valence-corrected chi connectivity index (χ0v) is 22.2. The van der Waals surface area contributed by atoms with Crippen molar-refractivity contribution >= 4 is 39.5 Å². The number of halogens is 3. The summed E-state index contributed by atoms with van der Waals surface area (Å²) in [6, 6.07) is 10.3. The van der Waals surface area contributed by atoms with Crippen LogP contribution in [0.5, 0.6) is 0 Å². The molecular weight excluding hydrogens is 566 g/mol. The maximum absolute atomic E-state index is 14.9. The largest absolute Gasteiger partial charge is 0.350 e.